The Hall–Kier alpha value is -0.770. The second-order valence-corrected chi connectivity index (χ2v) is 5.46. The van der Waals surface area contributed by atoms with Gasteiger partial charge < -0.3 is 9.73 Å². The van der Waals surface area contributed by atoms with Gasteiger partial charge in [-0.2, -0.15) is 0 Å². The van der Waals surface area contributed by atoms with Crippen LogP contribution in [0.25, 0.3) is 0 Å². The van der Waals surface area contributed by atoms with Crippen LogP contribution in [0, 0.1) is 0 Å². The van der Waals surface area contributed by atoms with Crippen LogP contribution in [0.2, 0.25) is 0 Å². The van der Waals surface area contributed by atoms with Crippen molar-refractivity contribution in [3.63, 3.8) is 0 Å². The van der Waals surface area contributed by atoms with Gasteiger partial charge >= 0.3 is 0 Å². The lowest BCUT2D eigenvalue weighted by molar-refractivity contribution is 0.0852. The monoisotopic (exact) mass is 285 g/mol. The largest absolute Gasteiger partial charge is 0.444 e. The van der Waals surface area contributed by atoms with Gasteiger partial charge in [-0.05, 0) is 47.8 Å². The molecule has 0 bridgehead atoms. The zero-order valence-electron chi connectivity index (χ0n) is 9.38. The van der Waals surface area contributed by atoms with E-state index in [9.17, 15) is 4.79 Å². The second-order valence-electron chi connectivity index (χ2n) is 4.68. The summed E-state index contributed by atoms with van der Waals surface area (Å²) >= 11 is 3.19. The minimum atomic E-state index is -0.116. The van der Waals surface area contributed by atoms with Gasteiger partial charge in [-0.1, -0.05) is 19.3 Å². The van der Waals surface area contributed by atoms with Crippen LogP contribution >= 0.6 is 15.9 Å². The molecule has 1 aliphatic carbocycles. The molecule has 1 saturated carbocycles. The number of carbonyl (C=O) groups excluding carboxylic acids is 1. The van der Waals surface area contributed by atoms with E-state index < -0.39 is 0 Å². The minimum absolute atomic E-state index is 0.0609. The number of amides is 1. The van der Waals surface area contributed by atoms with Gasteiger partial charge in [0.2, 0.25) is 0 Å². The van der Waals surface area contributed by atoms with Gasteiger partial charge in [0.1, 0.15) is 0 Å². The minimum Gasteiger partial charge on any atom is -0.444 e. The first-order chi connectivity index (χ1) is 7.59. The predicted molar refractivity (Wildman–Crippen MR) is 65.4 cm³/mol. The van der Waals surface area contributed by atoms with Crippen molar-refractivity contribution in [2.45, 2.75) is 44.6 Å². The third kappa shape index (κ3) is 2.67. The number of rotatable bonds is 2. The first kappa shape index (κ1) is 11.7. The zero-order valence-corrected chi connectivity index (χ0v) is 11.0. The van der Waals surface area contributed by atoms with Gasteiger partial charge in [-0.3, -0.25) is 4.79 Å². The molecule has 1 aliphatic rings. The quantitative estimate of drug-likeness (QED) is 0.904. The Morgan fingerprint density at radius 2 is 2.06 bits per heavy atom. The van der Waals surface area contributed by atoms with Crippen LogP contribution in [0.4, 0.5) is 0 Å². The van der Waals surface area contributed by atoms with Crippen LogP contribution < -0.4 is 5.32 Å². The number of hydrogen-bond acceptors (Lipinski definition) is 2. The molecule has 0 atom stereocenters. The average Bonchev–Trinajstić information content (AvgIpc) is 2.65. The smallest absolute Gasteiger partial charge is 0.287 e. The van der Waals surface area contributed by atoms with Crippen molar-refractivity contribution in [2.75, 3.05) is 0 Å². The number of halogens is 1. The highest BCUT2D eigenvalue weighted by Crippen LogP contribution is 2.28. The first-order valence-electron chi connectivity index (χ1n) is 5.67. The van der Waals surface area contributed by atoms with E-state index in [1.54, 1.807) is 12.1 Å². The summed E-state index contributed by atoms with van der Waals surface area (Å²) in [6, 6.07) is 3.42. The summed E-state index contributed by atoms with van der Waals surface area (Å²) in [5.74, 6) is 0.258. The van der Waals surface area contributed by atoms with E-state index >= 15 is 0 Å². The third-order valence-electron chi connectivity index (χ3n) is 3.17. The molecule has 0 spiro atoms. The van der Waals surface area contributed by atoms with E-state index in [2.05, 4.69) is 28.2 Å². The molecular formula is C12H16BrNO2. The van der Waals surface area contributed by atoms with Crippen LogP contribution in [0.1, 0.15) is 49.6 Å². The first-order valence-corrected chi connectivity index (χ1v) is 6.46. The van der Waals surface area contributed by atoms with Crippen LogP contribution in [0.5, 0.6) is 0 Å². The van der Waals surface area contributed by atoms with Gasteiger partial charge in [0.15, 0.2) is 10.4 Å². The van der Waals surface area contributed by atoms with Crippen molar-refractivity contribution in [3.8, 4) is 0 Å². The number of hydrogen-bond donors (Lipinski definition) is 1. The van der Waals surface area contributed by atoms with Crippen LogP contribution in [-0.4, -0.2) is 11.4 Å². The summed E-state index contributed by atoms with van der Waals surface area (Å²) in [5.41, 5.74) is -0.0609. The Morgan fingerprint density at radius 3 is 2.62 bits per heavy atom. The molecule has 2 rings (SSSR count). The van der Waals surface area contributed by atoms with Gasteiger partial charge in [-0.25, -0.2) is 0 Å². The van der Waals surface area contributed by atoms with E-state index in [0.717, 1.165) is 12.8 Å². The lowest BCUT2D eigenvalue weighted by Crippen LogP contribution is -2.47. The van der Waals surface area contributed by atoms with Crippen molar-refractivity contribution < 1.29 is 9.21 Å². The van der Waals surface area contributed by atoms with Gasteiger partial charge in [0.25, 0.3) is 5.91 Å². The molecule has 0 aromatic carbocycles. The molecule has 1 aromatic heterocycles. The number of carbonyl (C=O) groups is 1. The molecule has 1 N–H and O–H groups in total. The molecule has 4 heteroatoms. The van der Waals surface area contributed by atoms with Gasteiger partial charge in [-0.15, -0.1) is 0 Å². The summed E-state index contributed by atoms with van der Waals surface area (Å²) in [6.45, 7) is 2.11. The Balaban J connectivity index is 2.01. The Kier molecular flexibility index (Phi) is 3.38. The fourth-order valence-electron chi connectivity index (χ4n) is 2.23. The number of nitrogens with one attached hydrogen (secondary N) is 1. The van der Waals surface area contributed by atoms with E-state index in [4.69, 9.17) is 4.42 Å². The van der Waals surface area contributed by atoms with Gasteiger partial charge in [0.05, 0.1) is 0 Å². The summed E-state index contributed by atoms with van der Waals surface area (Å²) in [6.07, 6.45) is 5.77. The molecule has 1 aromatic rings. The molecule has 1 heterocycles. The highest BCUT2D eigenvalue weighted by atomic mass is 79.9. The maximum atomic E-state index is 11.9. The average molecular weight is 286 g/mol. The molecule has 0 radical (unpaired) electrons. The highest BCUT2D eigenvalue weighted by Gasteiger charge is 2.29. The zero-order chi connectivity index (χ0) is 11.6. The van der Waals surface area contributed by atoms with E-state index in [1.807, 2.05) is 0 Å². The predicted octanol–water partition coefficient (Wildman–Crippen LogP) is 3.49. The summed E-state index contributed by atoms with van der Waals surface area (Å²) in [7, 11) is 0. The molecule has 88 valence electrons. The van der Waals surface area contributed by atoms with E-state index in [0.29, 0.717) is 10.4 Å². The topological polar surface area (TPSA) is 42.2 Å². The summed E-state index contributed by atoms with van der Waals surface area (Å²) < 4.78 is 5.83. The summed E-state index contributed by atoms with van der Waals surface area (Å²) in [5, 5.41) is 3.07. The fraction of sp³-hybridized carbons (Fsp3) is 0.583. The molecule has 3 nitrogen and oxygen atoms in total. The summed E-state index contributed by atoms with van der Waals surface area (Å²) in [4.78, 5) is 11.9. The Morgan fingerprint density at radius 1 is 1.38 bits per heavy atom. The lowest BCUT2D eigenvalue weighted by atomic mass is 9.83. The molecule has 16 heavy (non-hydrogen) atoms. The van der Waals surface area contributed by atoms with Crippen LogP contribution in [0.3, 0.4) is 0 Å². The van der Waals surface area contributed by atoms with Crippen molar-refractivity contribution in [2.24, 2.45) is 0 Å². The Bertz CT molecular complexity index is 380. The SMILES string of the molecule is CC1(NC(=O)c2ccc(Br)o2)CCCCC1. The third-order valence-corrected chi connectivity index (χ3v) is 3.60. The Labute approximate surface area is 104 Å². The van der Waals surface area contributed by atoms with Crippen molar-refractivity contribution >= 4 is 21.8 Å². The molecule has 0 saturated heterocycles. The van der Waals surface area contributed by atoms with Crippen molar-refractivity contribution in [1.29, 1.82) is 0 Å². The molecule has 0 aliphatic heterocycles. The second kappa shape index (κ2) is 4.62. The molecule has 0 unspecified atom stereocenters. The molecular weight excluding hydrogens is 270 g/mol. The van der Waals surface area contributed by atoms with Crippen LogP contribution in [0.15, 0.2) is 21.2 Å². The van der Waals surface area contributed by atoms with Crippen molar-refractivity contribution in [3.05, 3.63) is 22.6 Å². The van der Waals surface area contributed by atoms with E-state index in [1.165, 1.54) is 19.3 Å². The maximum Gasteiger partial charge on any atom is 0.287 e. The lowest BCUT2D eigenvalue weighted by Gasteiger charge is -2.34. The number of furan rings is 1. The van der Waals surface area contributed by atoms with E-state index in [-0.39, 0.29) is 11.4 Å². The standard InChI is InChI=1S/C12H16BrNO2/c1-12(7-3-2-4-8-12)14-11(15)9-5-6-10(13)16-9/h5-6H,2-4,7-8H2,1H3,(H,14,15). The van der Waals surface area contributed by atoms with Crippen molar-refractivity contribution in [1.82, 2.24) is 5.32 Å². The fourth-order valence-corrected chi connectivity index (χ4v) is 2.54. The molecule has 1 amide bonds. The highest BCUT2D eigenvalue weighted by molar-refractivity contribution is 9.10. The van der Waals surface area contributed by atoms with Gasteiger partial charge in [0, 0.05) is 5.54 Å². The normalized spacial score (nSPS) is 19.4. The van der Waals surface area contributed by atoms with Crippen LogP contribution in [-0.2, 0) is 0 Å². The maximum absolute atomic E-state index is 11.9. The molecule has 1 fully saturated rings.